The second-order valence-corrected chi connectivity index (χ2v) is 5.36. The van der Waals surface area contributed by atoms with Crippen LogP contribution >= 0.6 is 0 Å². The molecule has 3 rings (SSSR count). The monoisotopic (exact) mass is 314 g/mol. The van der Waals surface area contributed by atoms with Crippen molar-refractivity contribution in [1.82, 2.24) is 19.7 Å². The Bertz CT molecular complexity index is 738. The number of carbonyl (C=O) groups is 1. The molecule has 1 aliphatic rings. The van der Waals surface area contributed by atoms with Crippen LogP contribution < -0.4 is 5.56 Å². The number of hydrogen-bond donors (Lipinski definition) is 0. The van der Waals surface area contributed by atoms with Crippen molar-refractivity contribution in [2.45, 2.75) is 13.0 Å². The highest BCUT2D eigenvalue weighted by molar-refractivity contribution is 5.80. The zero-order valence-electron chi connectivity index (χ0n) is 12.9. The topological polar surface area (TPSA) is 77.3 Å². The van der Waals surface area contributed by atoms with E-state index >= 15 is 0 Å². The lowest BCUT2D eigenvalue weighted by Crippen LogP contribution is -2.45. The highest BCUT2D eigenvalue weighted by atomic mass is 16.5. The fourth-order valence-electron chi connectivity index (χ4n) is 2.52. The Hall–Kier alpha value is -2.54. The quantitative estimate of drug-likeness (QED) is 0.834. The van der Waals surface area contributed by atoms with Crippen LogP contribution in [0, 0.1) is 0 Å². The van der Waals surface area contributed by atoms with Crippen LogP contribution in [0.1, 0.15) is 13.0 Å². The van der Waals surface area contributed by atoms with Crippen LogP contribution in [-0.2, 0) is 9.53 Å². The standard InChI is InChI=1S/C16H18N4O3/c1-12(16(22)19-7-9-23-10-8-19)20-15(21)5-4-14(18-20)13-3-2-6-17-11-13/h2-6,11-12H,7-10H2,1H3. The molecule has 1 amide bonds. The number of aromatic nitrogens is 3. The van der Waals surface area contributed by atoms with Crippen LogP contribution in [-0.4, -0.2) is 51.9 Å². The van der Waals surface area contributed by atoms with Crippen molar-refractivity contribution in [3.05, 3.63) is 47.0 Å². The van der Waals surface area contributed by atoms with Crippen LogP contribution in [0.25, 0.3) is 11.3 Å². The van der Waals surface area contributed by atoms with Gasteiger partial charge in [0, 0.05) is 37.1 Å². The molecule has 3 heterocycles. The molecule has 7 nitrogen and oxygen atoms in total. The normalized spacial score (nSPS) is 16.1. The summed E-state index contributed by atoms with van der Waals surface area (Å²) in [7, 11) is 0. The van der Waals surface area contributed by atoms with Gasteiger partial charge in [0.2, 0.25) is 5.91 Å². The van der Waals surface area contributed by atoms with Gasteiger partial charge in [0.15, 0.2) is 0 Å². The molecule has 2 aromatic rings. The molecule has 0 N–H and O–H groups in total. The van der Waals surface area contributed by atoms with E-state index in [4.69, 9.17) is 4.74 Å². The van der Waals surface area contributed by atoms with E-state index in [-0.39, 0.29) is 11.5 Å². The summed E-state index contributed by atoms with van der Waals surface area (Å²) in [5.41, 5.74) is 1.11. The van der Waals surface area contributed by atoms with Gasteiger partial charge in [-0.1, -0.05) is 0 Å². The first-order valence-electron chi connectivity index (χ1n) is 7.53. The van der Waals surface area contributed by atoms with Crippen LogP contribution in [0.4, 0.5) is 0 Å². The summed E-state index contributed by atoms with van der Waals surface area (Å²) < 4.78 is 6.49. The van der Waals surface area contributed by atoms with Gasteiger partial charge in [0.25, 0.3) is 5.56 Å². The van der Waals surface area contributed by atoms with E-state index in [1.807, 2.05) is 6.07 Å². The summed E-state index contributed by atoms with van der Waals surface area (Å²) in [6.45, 7) is 3.83. The minimum atomic E-state index is -0.655. The van der Waals surface area contributed by atoms with E-state index < -0.39 is 6.04 Å². The molecule has 1 fully saturated rings. The molecule has 0 aliphatic carbocycles. The lowest BCUT2D eigenvalue weighted by atomic mass is 10.2. The fourth-order valence-corrected chi connectivity index (χ4v) is 2.52. The number of pyridine rings is 1. The maximum absolute atomic E-state index is 12.6. The van der Waals surface area contributed by atoms with Crippen molar-refractivity contribution >= 4 is 5.91 Å². The summed E-state index contributed by atoms with van der Waals surface area (Å²) in [6.07, 6.45) is 3.34. The average molecular weight is 314 g/mol. The third kappa shape index (κ3) is 3.29. The van der Waals surface area contributed by atoms with E-state index in [1.54, 1.807) is 36.4 Å². The number of nitrogens with zero attached hydrogens (tertiary/aromatic N) is 4. The Morgan fingerprint density at radius 3 is 2.74 bits per heavy atom. The zero-order chi connectivity index (χ0) is 16.2. The Morgan fingerprint density at radius 2 is 2.04 bits per heavy atom. The van der Waals surface area contributed by atoms with Gasteiger partial charge in [-0.2, -0.15) is 5.10 Å². The molecule has 0 aromatic carbocycles. The smallest absolute Gasteiger partial charge is 0.267 e. The van der Waals surface area contributed by atoms with Gasteiger partial charge < -0.3 is 9.64 Å². The van der Waals surface area contributed by atoms with Crippen LogP contribution in [0.3, 0.4) is 0 Å². The zero-order valence-corrected chi connectivity index (χ0v) is 12.9. The summed E-state index contributed by atoms with van der Waals surface area (Å²) in [4.78, 5) is 30.4. The molecular formula is C16H18N4O3. The predicted octanol–water partition coefficient (Wildman–Crippen LogP) is 0.725. The third-order valence-corrected chi connectivity index (χ3v) is 3.83. The Kier molecular flexibility index (Phi) is 4.47. The minimum Gasteiger partial charge on any atom is -0.378 e. The summed E-state index contributed by atoms with van der Waals surface area (Å²) in [6, 6.07) is 6.07. The first-order valence-corrected chi connectivity index (χ1v) is 7.53. The molecule has 2 aromatic heterocycles. The second kappa shape index (κ2) is 6.70. The lowest BCUT2D eigenvalue weighted by Gasteiger charge is -2.29. The molecule has 0 saturated carbocycles. The van der Waals surface area contributed by atoms with Gasteiger partial charge in [-0.25, -0.2) is 4.68 Å². The van der Waals surface area contributed by atoms with E-state index in [0.29, 0.717) is 32.0 Å². The molecule has 0 bridgehead atoms. The highest BCUT2D eigenvalue weighted by Crippen LogP contribution is 2.15. The Balaban J connectivity index is 1.89. The Labute approximate surface area is 133 Å². The lowest BCUT2D eigenvalue weighted by molar-refractivity contribution is -0.138. The largest absolute Gasteiger partial charge is 0.378 e. The number of rotatable bonds is 3. The van der Waals surface area contributed by atoms with Gasteiger partial charge in [-0.15, -0.1) is 0 Å². The van der Waals surface area contributed by atoms with Crippen LogP contribution in [0.2, 0.25) is 0 Å². The number of morpholine rings is 1. The molecule has 0 radical (unpaired) electrons. The van der Waals surface area contributed by atoms with Crippen molar-refractivity contribution in [1.29, 1.82) is 0 Å². The Morgan fingerprint density at radius 1 is 1.26 bits per heavy atom. The molecule has 120 valence electrons. The van der Waals surface area contributed by atoms with E-state index in [1.165, 1.54) is 10.7 Å². The molecular weight excluding hydrogens is 296 g/mol. The minimum absolute atomic E-state index is 0.119. The SMILES string of the molecule is CC(C(=O)N1CCOCC1)n1nc(-c2cccnc2)ccc1=O. The molecule has 0 spiro atoms. The fraction of sp³-hybridized carbons (Fsp3) is 0.375. The van der Waals surface area contributed by atoms with Crippen molar-refractivity contribution in [2.75, 3.05) is 26.3 Å². The number of ether oxygens (including phenoxy) is 1. The van der Waals surface area contributed by atoms with Crippen LogP contribution in [0.15, 0.2) is 41.5 Å². The first-order chi connectivity index (χ1) is 11.2. The first kappa shape index (κ1) is 15.4. The van der Waals surface area contributed by atoms with Gasteiger partial charge in [0.05, 0.1) is 18.9 Å². The highest BCUT2D eigenvalue weighted by Gasteiger charge is 2.25. The second-order valence-electron chi connectivity index (χ2n) is 5.36. The molecule has 23 heavy (non-hydrogen) atoms. The number of carbonyl (C=O) groups excluding carboxylic acids is 1. The maximum Gasteiger partial charge on any atom is 0.267 e. The molecule has 1 atom stereocenters. The van der Waals surface area contributed by atoms with Gasteiger partial charge in [0.1, 0.15) is 6.04 Å². The van der Waals surface area contributed by atoms with Crippen LogP contribution in [0.5, 0.6) is 0 Å². The van der Waals surface area contributed by atoms with Crippen molar-refractivity contribution < 1.29 is 9.53 Å². The average Bonchev–Trinajstić information content (AvgIpc) is 2.62. The predicted molar refractivity (Wildman–Crippen MR) is 83.8 cm³/mol. The van der Waals surface area contributed by atoms with Gasteiger partial charge >= 0.3 is 0 Å². The summed E-state index contributed by atoms with van der Waals surface area (Å²) >= 11 is 0. The summed E-state index contributed by atoms with van der Waals surface area (Å²) in [5, 5.41) is 4.34. The molecule has 1 unspecified atom stereocenters. The molecule has 1 saturated heterocycles. The molecule has 1 aliphatic heterocycles. The van der Waals surface area contributed by atoms with E-state index in [2.05, 4.69) is 10.1 Å². The van der Waals surface area contributed by atoms with Crippen molar-refractivity contribution in [3.63, 3.8) is 0 Å². The third-order valence-electron chi connectivity index (χ3n) is 3.83. The maximum atomic E-state index is 12.6. The summed E-state index contributed by atoms with van der Waals surface area (Å²) in [5.74, 6) is -0.119. The van der Waals surface area contributed by atoms with Gasteiger partial charge in [-0.3, -0.25) is 14.6 Å². The van der Waals surface area contributed by atoms with Gasteiger partial charge in [-0.05, 0) is 25.1 Å². The van der Waals surface area contributed by atoms with Crippen molar-refractivity contribution in [2.24, 2.45) is 0 Å². The van der Waals surface area contributed by atoms with E-state index in [9.17, 15) is 9.59 Å². The number of hydrogen-bond acceptors (Lipinski definition) is 5. The van der Waals surface area contributed by atoms with E-state index in [0.717, 1.165) is 5.56 Å². The number of amides is 1. The molecule has 7 heteroatoms. The van der Waals surface area contributed by atoms with Crippen molar-refractivity contribution in [3.8, 4) is 11.3 Å².